The average molecular weight is 363 g/mol. The molecule has 1 amide bonds. The molecule has 0 aliphatic carbocycles. The Morgan fingerprint density at radius 3 is 2.73 bits per heavy atom. The lowest BCUT2D eigenvalue weighted by Crippen LogP contribution is -2.22. The molecular weight excluding hydrogens is 346 g/mol. The first-order valence-electron chi connectivity index (χ1n) is 8.41. The normalized spacial score (nSPS) is 11.1. The van der Waals surface area contributed by atoms with Crippen LogP contribution < -0.4 is 5.32 Å². The highest BCUT2D eigenvalue weighted by Gasteiger charge is 2.17. The van der Waals surface area contributed by atoms with Crippen molar-refractivity contribution in [2.45, 2.75) is 13.3 Å². The molecule has 0 unspecified atom stereocenters. The van der Waals surface area contributed by atoms with Gasteiger partial charge in [-0.3, -0.25) is 9.59 Å². The fourth-order valence-electron chi connectivity index (χ4n) is 3.02. The summed E-state index contributed by atoms with van der Waals surface area (Å²) in [5.41, 5.74) is 0.717. The van der Waals surface area contributed by atoms with E-state index in [1.807, 2.05) is 54.6 Å². The number of hydrogen-bond donors (Lipinski definition) is 1. The largest absolute Gasteiger partial charge is 0.453 e. The van der Waals surface area contributed by atoms with E-state index in [0.717, 1.165) is 26.6 Å². The zero-order chi connectivity index (χ0) is 18.1. The van der Waals surface area contributed by atoms with Crippen molar-refractivity contribution in [3.05, 3.63) is 70.1 Å². The third-order valence-corrected chi connectivity index (χ3v) is 5.42. The first kappa shape index (κ1) is 16.5. The SMILES string of the molecule is CC(=O)NCCc1ccc(C(=O)c2cc3c(ccc4ccccc43)o2)s1. The van der Waals surface area contributed by atoms with Gasteiger partial charge >= 0.3 is 0 Å². The third kappa shape index (κ3) is 3.13. The van der Waals surface area contributed by atoms with E-state index < -0.39 is 0 Å². The van der Waals surface area contributed by atoms with Crippen LogP contribution in [0.3, 0.4) is 0 Å². The molecule has 2 aromatic heterocycles. The highest BCUT2D eigenvalue weighted by atomic mass is 32.1. The van der Waals surface area contributed by atoms with Crippen LogP contribution >= 0.6 is 11.3 Å². The van der Waals surface area contributed by atoms with Crippen LogP contribution in [-0.4, -0.2) is 18.2 Å². The zero-order valence-corrected chi connectivity index (χ0v) is 15.1. The first-order chi connectivity index (χ1) is 12.6. The number of benzene rings is 2. The van der Waals surface area contributed by atoms with Gasteiger partial charge in [-0.05, 0) is 41.5 Å². The maximum Gasteiger partial charge on any atom is 0.238 e. The molecule has 0 aliphatic heterocycles. The summed E-state index contributed by atoms with van der Waals surface area (Å²) >= 11 is 1.44. The number of nitrogens with one attached hydrogen (secondary N) is 1. The Labute approximate surface area is 154 Å². The van der Waals surface area contributed by atoms with Gasteiger partial charge in [0.15, 0.2) is 5.76 Å². The highest BCUT2D eigenvalue weighted by molar-refractivity contribution is 7.14. The van der Waals surface area contributed by atoms with E-state index in [9.17, 15) is 9.59 Å². The molecule has 0 saturated carbocycles. The third-order valence-electron chi connectivity index (χ3n) is 4.28. The van der Waals surface area contributed by atoms with Gasteiger partial charge in [-0.2, -0.15) is 0 Å². The summed E-state index contributed by atoms with van der Waals surface area (Å²) in [6.07, 6.45) is 0.711. The van der Waals surface area contributed by atoms with Crippen molar-refractivity contribution in [2.75, 3.05) is 6.54 Å². The second kappa shape index (κ2) is 6.77. The van der Waals surface area contributed by atoms with Crippen molar-refractivity contribution in [3.63, 3.8) is 0 Å². The molecule has 0 saturated heterocycles. The minimum atomic E-state index is -0.110. The smallest absolute Gasteiger partial charge is 0.238 e. The van der Waals surface area contributed by atoms with Gasteiger partial charge in [-0.25, -0.2) is 0 Å². The molecule has 130 valence electrons. The number of carbonyl (C=O) groups excluding carboxylic acids is 2. The fraction of sp³-hybridized carbons (Fsp3) is 0.143. The molecule has 0 spiro atoms. The number of hydrogen-bond acceptors (Lipinski definition) is 4. The summed E-state index contributed by atoms with van der Waals surface area (Å²) in [4.78, 5) is 25.4. The molecule has 0 fully saturated rings. The molecule has 0 bridgehead atoms. The monoisotopic (exact) mass is 363 g/mol. The van der Waals surface area contributed by atoms with Crippen LogP contribution in [0.5, 0.6) is 0 Å². The molecule has 2 aromatic carbocycles. The summed E-state index contributed by atoms with van der Waals surface area (Å²) in [6.45, 7) is 2.06. The maximum absolute atomic E-state index is 12.8. The fourth-order valence-corrected chi connectivity index (χ4v) is 3.97. The van der Waals surface area contributed by atoms with Crippen LogP contribution in [0.25, 0.3) is 21.7 Å². The van der Waals surface area contributed by atoms with Crippen molar-refractivity contribution in [3.8, 4) is 0 Å². The van der Waals surface area contributed by atoms with Gasteiger partial charge in [-0.1, -0.05) is 30.3 Å². The predicted molar refractivity (Wildman–Crippen MR) is 104 cm³/mol. The van der Waals surface area contributed by atoms with Crippen LogP contribution in [0.2, 0.25) is 0 Å². The number of fused-ring (bicyclic) bond motifs is 3. The summed E-state index contributed by atoms with van der Waals surface area (Å²) in [7, 11) is 0. The molecule has 4 aromatic rings. The maximum atomic E-state index is 12.8. The lowest BCUT2D eigenvalue weighted by Gasteiger charge is -1.98. The highest BCUT2D eigenvalue weighted by Crippen LogP contribution is 2.30. The molecule has 0 aliphatic rings. The second-order valence-corrected chi connectivity index (χ2v) is 7.31. The molecule has 5 heteroatoms. The lowest BCUT2D eigenvalue weighted by atomic mass is 10.1. The molecule has 4 nitrogen and oxygen atoms in total. The van der Waals surface area contributed by atoms with Crippen LogP contribution in [0.4, 0.5) is 0 Å². The number of thiophene rings is 1. The summed E-state index contributed by atoms with van der Waals surface area (Å²) in [5.74, 6) is 0.194. The van der Waals surface area contributed by atoms with E-state index in [-0.39, 0.29) is 11.7 Å². The Balaban J connectivity index is 1.61. The second-order valence-electron chi connectivity index (χ2n) is 6.14. The van der Waals surface area contributed by atoms with E-state index in [1.165, 1.54) is 18.3 Å². The van der Waals surface area contributed by atoms with Crippen LogP contribution in [0.1, 0.15) is 27.2 Å². The zero-order valence-electron chi connectivity index (χ0n) is 14.2. The van der Waals surface area contributed by atoms with E-state index >= 15 is 0 Å². The number of rotatable bonds is 5. The Morgan fingerprint density at radius 2 is 1.88 bits per heavy atom. The Morgan fingerprint density at radius 1 is 1.04 bits per heavy atom. The van der Waals surface area contributed by atoms with Gasteiger partial charge in [0.25, 0.3) is 0 Å². The van der Waals surface area contributed by atoms with Crippen molar-refractivity contribution in [1.29, 1.82) is 0 Å². The van der Waals surface area contributed by atoms with E-state index in [4.69, 9.17) is 4.42 Å². The molecule has 0 atom stereocenters. The van der Waals surface area contributed by atoms with E-state index in [0.29, 0.717) is 23.6 Å². The van der Waals surface area contributed by atoms with Crippen LogP contribution in [-0.2, 0) is 11.2 Å². The van der Waals surface area contributed by atoms with Gasteiger partial charge in [0, 0.05) is 23.7 Å². The number of carbonyl (C=O) groups is 2. The van der Waals surface area contributed by atoms with Crippen molar-refractivity contribution >= 4 is 44.8 Å². The molecule has 0 radical (unpaired) electrons. The summed E-state index contributed by atoms with van der Waals surface area (Å²) in [5, 5.41) is 5.92. The number of ketones is 1. The summed E-state index contributed by atoms with van der Waals surface area (Å²) in [6, 6.07) is 17.5. The van der Waals surface area contributed by atoms with Gasteiger partial charge < -0.3 is 9.73 Å². The van der Waals surface area contributed by atoms with Gasteiger partial charge in [0.05, 0.1) is 4.88 Å². The van der Waals surface area contributed by atoms with Crippen molar-refractivity contribution in [2.24, 2.45) is 0 Å². The Hall–Kier alpha value is -2.92. The topological polar surface area (TPSA) is 59.3 Å². The molecule has 1 N–H and O–H groups in total. The van der Waals surface area contributed by atoms with Crippen molar-refractivity contribution in [1.82, 2.24) is 5.32 Å². The van der Waals surface area contributed by atoms with Crippen LogP contribution in [0.15, 0.2) is 59.0 Å². The van der Waals surface area contributed by atoms with Gasteiger partial charge in [0.2, 0.25) is 11.7 Å². The minimum Gasteiger partial charge on any atom is -0.453 e. The van der Waals surface area contributed by atoms with E-state index in [2.05, 4.69) is 5.32 Å². The molecule has 2 heterocycles. The molecular formula is C21H17NO3S. The number of amides is 1. The minimum absolute atomic E-state index is 0.0487. The predicted octanol–water partition coefficient (Wildman–Crippen LogP) is 4.56. The Kier molecular flexibility index (Phi) is 4.31. The van der Waals surface area contributed by atoms with Gasteiger partial charge in [0.1, 0.15) is 5.58 Å². The average Bonchev–Trinajstić information content (AvgIpc) is 3.28. The van der Waals surface area contributed by atoms with Gasteiger partial charge in [-0.15, -0.1) is 11.3 Å². The standard InChI is InChI=1S/C21H17NO3S/c1-13(23)22-11-10-15-7-9-20(26-15)21(24)19-12-17-16-5-3-2-4-14(16)6-8-18(17)25-19/h2-9,12H,10-11H2,1H3,(H,22,23). The molecule has 26 heavy (non-hydrogen) atoms. The van der Waals surface area contributed by atoms with E-state index in [1.54, 1.807) is 0 Å². The quantitative estimate of drug-likeness (QED) is 0.529. The number of furan rings is 1. The first-order valence-corrected chi connectivity index (χ1v) is 9.22. The lowest BCUT2D eigenvalue weighted by molar-refractivity contribution is -0.118. The van der Waals surface area contributed by atoms with Crippen LogP contribution in [0, 0.1) is 0 Å². The Bertz CT molecular complexity index is 1120. The summed E-state index contributed by atoms with van der Waals surface area (Å²) < 4.78 is 5.81. The molecule has 4 rings (SSSR count). The van der Waals surface area contributed by atoms with Crippen molar-refractivity contribution < 1.29 is 14.0 Å².